The van der Waals surface area contributed by atoms with E-state index in [2.05, 4.69) is 76.1 Å². The number of carboxylic acid groups (broad SMARTS) is 3. The maximum Gasteiger partial charge on any atom is 0.328 e. The van der Waals surface area contributed by atoms with Crippen LogP contribution in [0.25, 0.3) is 10.9 Å². The lowest BCUT2D eigenvalue weighted by molar-refractivity contribution is -0.145. The molecule has 3 aromatic rings. The molecule has 13 amide bonds. The van der Waals surface area contributed by atoms with Gasteiger partial charge in [-0.3, -0.25) is 71.9 Å². The van der Waals surface area contributed by atoms with Crippen LogP contribution >= 0.6 is 24.4 Å². The highest BCUT2D eigenvalue weighted by Crippen LogP contribution is 2.23. The summed E-state index contributed by atoms with van der Waals surface area (Å²) in [6, 6.07) is -9.54. The van der Waals surface area contributed by atoms with Gasteiger partial charge in [-0.15, -0.1) is 0 Å². The molecule has 0 unspecified atom stereocenters. The van der Waals surface area contributed by atoms with Gasteiger partial charge in [0.15, 0.2) is 6.04 Å². The van der Waals surface area contributed by atoms with Gasteiger partial charge in [0.2, 0.25) is 76.8 Å². The van der Waals surface area contributed by atoms with Crippen LogP contribution in [0.4, 0.5) is 0 Å². The summed E-state index contributed by atoms with van der Waals surface area (Å²) in [6.07, 6.45) is -2.66. The number of H-pyrrole nitrogens is 1. The van der Waals surface area contributed by atoms with Crippen LogP contribution in [-0.4, -0.2) is 280 Å². The number of aromatic amines is 1. The van der Waals surface area contributed by atoms with E-state index in [9.17, 15) is 118 Å². The number of phenolic OH excluding ortho intramolecular Hbond substituents is 1. The summed E-state index contributed by atoms with van der Waals surface area (Å²) >= 11 is 5.53. The highest BCUT2D eigenvalue weighted by atomic mass is 32.2. The summed E-state index contributed by atoms with van der Waals surface area (Å²) in [4.78, 5) is 221. The molecule has 0 spiro atoms. The zero-order chi connectivity index (χ0) is 84.7. The number of hydrogen-bond acceptors (Lipinski definition) is 24. The van der Waals surface area contributed by atoms with Gasteiger partial charge in [-0.05, 0) is 119 Å². The zero-order valence-corrected chi connectivity index (χ0v) is 65.6. The largest absolute Gasteiger partial charge is 0.508 e. The first-order valence-electron chi connectivity index (χ1n) is 36.7. The van der Waals surface area contributed by atoms with Crippen molar-refractivity contribution >= 4 is 130 Å². The van der Waals surface area contributed by atoms with E-state index in [0.717, 1.165) is 13.8 Å². The van der Waals surface area contributed by atoms with E-state index >= 15 is 0 Å². The number of carboxylic acids is 3. The summed E-state index contributed by atoms with van der Waals surface area (Å²) in [5.41, 5.74) is 7.75. The van der Waals surface area contributed by atoms with Crippen molar-refractivity contribution in [1.29, 1.82) is 0 Å². The number of amides is 13. The lowest BCUT2D eigenvalue weighted by Crippen LogP contribution is -2.63. The molecule has 1 saturated heterocycles. The van der Waals surface area contributed by atoms with Crippen LogP contribution in [0.3, 0.4) is 0 Å². The van der Waals surface area contributed by atoms with E-state index in [1.54, 1.807) is 63.4 Å². The summed E-state index contributed by atoms with van der Waals surface area (Å²) in [5, 5.41) is 109. The maximum atomic E-state index is 14.6. The molecule has 0 aliphatic carbocycles. The number of nitrogens with two attached hydrogens (primary N) is 1. The molecular formula is C72H107N15O24S2. The van der Waals surface area contributed by atoms with Crippen LogP contribution in [0.2, 0.25) is 0 Å². The van der Waals surface area contributed by atoms with Crippen LogP contribution in [0.5, 0.6) is 5.75 Å². The first-order chi connectivity index (χ1) is 53.3. The summed E-state index contributed by atoms with van der Waals surface area (Å²) in [7, 11) is 0. The molecule has 1 aliphatic rings. The molecule has 2 heterocycles. The van der Waals surface area contributed by atoms with Gasteiger partial charge in [-0.1, -0.05) is 64.4 Å². The van der Waals surface area contributed by atoms with E-state index in [4.69, 9.17) is 5.73 Å². The van der Waals surface area contributed by atoms with E-state index in [0.29, 0.717) is 34.2 Å². The fourth-order valence-electron chi connectivity index (χ4n) is 11.9. The monoisotopic (exact) mass is 1630 g/mol. The van der Waals surface area contributed by atoms with Crippen molar-refractivity contribution < 1.29 is 118 Å². The second kappa shape index (κ2) is 46.7. The Bertz CT molecular complexity index is 3810. The van der Waals surface area contributed by atoms with E-state index < -0.39 is 248 Å². The Morgan fingerprint density at radius 1 is 0.549 bits per heavy atom. The molecule has 0 bridgehead atoms. The van der Waals surface area contributed by atoms with Crippen LogP contribution in [0.15, 0.2) is 54.7 Å². The van der Waals surface area contributed by atoms with E-state index in [1.807, 2.05) is 5.32 Å². The summed E-state index contributed by atoms with van der Waals surface area (Å²) < 4.78 is 0. The smallest absolute Gasteiger partial charge is 0.328 e. The summed E-state index contributed by atoms with van der Waals surface area (Å²) in [6.45, 7) is 8.04. The van der Waals surface area contributed by atoms with Crippen LogP contribution in [0.1, 0.15) is 117 Å². The molecule has 0 saturated carbocycles. The molecule has 2 aromatic carbocycles. The molecule has 0 radical (unpaired) electrons. The second-order valence-corrected chi connectivity index (χ2v) is 29.3. The Balaban J connectivity index is 1.51. The minimum atomic E-state index is -1.99. The predicted octanol–water partition coefficient (Wildman–Crippen LogP) is -4.85. The number of fused-ring (bicyclic) bond motifs is 1. The number of hydrogen-bond donors (Lipinski definition) is 23. The van der Waals surface area contributed by atoms with Gasteiger partial charge in [-0.2, -0.15) is 24.4 Å². The minimum Gasteiger partial charge on any atom is -0.508 e. The number of nitrogens with one attached hydrogen (secondary N) is 13. The number of likely N-dealkylation sites (tertiary alicyclic amines) is 1. The highest BCUT2D eigenvalue weighted by Gasteiger charge is 2.42. The first-order valence-corrected chi connectivity index (χ1v) is 38.7. The fourth-order valence-corrected chi connectivity index (χ4v) is 12.6. The van der Waals surface area contributed by atoms with Crippen molar-refractivity contribution in [3.63, 3.8) is 0 Å². The number of aromatic nitrogens is 1. The number of aromatic hydroxyl groups is 1. The first kappa shape index (κ1) is 95.2. The standard InChI is InChI=1S/C72H107N15O24S2/c1-9-35(4)56(84-66(104)51(32-89)81-63(101)48(27-34(2)3)80-68(106)53-15-12-25-87(53)71(109)47(24-26-113-8)78-59(97)36(5)75-60(98)43(73)28-39-16-18-41(92)19-17-39)69(107)82-50(31-88)65(103)79-49(29-40-30-74-44-14-11-10-13-42(40)44)64(102)85-57(37(6)90)70(108)83-52(33-112)67(105)77-45(20-22-54(93)94)61(99)76-46(21-23-55(95)96)62(100)86-58(38(7)91)72(110)111/h10-11,13-14,16-19,30,34-38,43,45-53,56-58,74,88-92,112H,9,12,15,20-29,31-33,73H2,1-8H3,(H,75,98)(H,76,99)(H,77,105)(H,78,97)(H,79,103)(H,80,106)(H,81,101)(H,82,107)(H,83,108)(H,84,104)(H,85,102)(H,86,100)(H,93,94)(H,95,96)(H,110,111)/t35-,36-,37+,38+,43-,45-,46-,47-,48-,49-,50-,51-,52-,53-,56-,57-,58-/m0/s1. The van der Waals surface area contributed by atoms with Crippen LogP contribution < -0.4 is 69.5 Å². The van der Waals surface area contributed by atoms with E-state index in [1.165, 1.54) is 48.8 Å². The molecule has 17 atom stereocenters. The average Bonchev–Trinajstić information content (AvgIpc) is 1.72. The van der Waals surface area contributed by atoms with Gasteiger partial charge < -0.3 is 120 Å². The molecule has 1 aliphatic heterocycles. The predicted molar refractivity (Wildman–Crippen MR) is 410 cm³/mol. The lowest BCUT2D eigenvalue weighted by Gasteiger charge is -2.31. The number of aliphatic hydroxyl groups excluding tert-OH is 4. The molecule has 4 rings (SSSR count). The molecule has 113 heavy (non-hydrogen) atoms. The fraction of sp³-hybridized carbons (Fsp3) is 0.583. The van der Waals surface area contributed by atoms with Crippen molar-refractivity contribution in [2.24, 2.45) is 17.6 Å². The molecule has 39 nitrogen and oxygen atoms in total. The van der Waals surface area contributed by atoms with Crippen LogP contribution in [-0.2, 0) is 89.6 Å². The summed E-state index contributed by atoms with van der Waals surface area (Å²) in [5.74, 6) is -19.2. The third-order valence-electron chi connectivity index (χ3n) is 18.5. The SMILES string of the molecule is CC[C@H](C)[C@H](NC(=O)[C@H](CO)NC(=O)[C@H](CC(C)C)NC(=O)[C@@H]1CCCN1C(=O)[C@H](CCSC)NC(=O)[C@H](C)NC(=O)[C@@H](N)Cc1ccc(O)cc1)C(=O)N[C@@H](CO)C(=O)N[C@@H](Cc1c[nH]c2ccccc12)C(=O)N[C@H](C(=O)N[C@@H](CS)C(=O)N[C@@H](CCC(=O)O)C(=O)N[C@@H](CCC(=O)O)C(=O)N[C@H](C(=O)O)[C@@H](C)O)[C@@H](C)O. The number of rotatable bonds is 48. The van der Waals surface area contributed by atoms with Crippen LogP contribution in [0, 0.1) is 11.8 Å². The number of carbonyl (C=O) groups is 16. The molecule has 626 valence electrons. The highest BCUT2D eigenvalue weighted by molar-refractivity contribution is 7.98. The van der Waals surface area contributed by atoms with Gasteiger partial charge in [0.1, 0.15) is 78.3 Å². The number of thioether (sulfide) groups is 1. The Morgan fingerprint density at radius 3 is 1.57 bits per heavy atom. The number of nitrogens with zero attached hydrogens (tertiary/aromatic N) is 1. The Labute approximate surface area is 660 Å². The molecule has 23 N–H and O–H groups in total. The number of thiol groups is 1. The number of phenols is 1. The molecular weight excluding hydrogens is 1520 g/mol. The van der Waals surface area contributed by atoms with Crippen molar-refractivity contribution in [2.75, 3.05) is 37.5 Å². The molecule has 1 fully saturated rings. The van der Waals surface area contributed by atoms with Crippen molar-refractivity contribution in [1.82, 2.24) is 73.7 Å². The van der Waals surface area contributed by atoms with Crippen molar-refractivity contribution in [3.05, 3.63) is 65.9 Å². The van der Waals surface area contributed by atoms with Crippen molar-refractivity contribution in [3.8, 4) is 5.75 Å². The number of benzene rings is 2. The van der Waals surface area contributed by atoms with Gasteiger partial charge in [-0.25, -0.2) is 4.79 Å². The molecule has 1 aromatic heterocycles. The number of aliphatic hydroxyl groups is 4. The van der Waals surface area contributed by atoms with Gasteiger partial charge in [0.25, 0.3) is 0 Å². The quantitative estimate of drug-likeness (QED) is 0.0236. The Kier molecular flexibility index (Phi) is 39.3. The molecule has 41 heteroatoms. The third kappa shape index (κ3) is 30.0. The topological polar surface area (TPSA) is 624 Å². The average molecular weight is 1630 g/mol. The number of aliphatic carboxylic acids is 3. The van der Waals surface area contributed by atoms with E-state index in [-0.39, 0.29) is 50.3 Å². The third-order valence-corrected chi connectivity index (χ3v) is 19.5. The maximum absolute atomic E-state index is 14.6. The second-order valence-electron chi connectivity index (χ2n) is 27.9. The van der Waals surface area contributed by atoms with Gasteiger partial charge in [0.05, 0.1) is 31.5 Å². The minimum absolute atomic E-state index is 0.0230. The number of para-hydroxylation sites is 1. The van der Waals surface area contributed by atoms with Gasteiger partial charge in [0, 0.05) is 48.7 Å². The zero-order valence-electron chi connectivity index (χ0n) is 63.9. The Morgan fingerprint density at radius 2 is 1.03 bits per heavy atom. The Hall–Kier alpha value is -10.2. The normalized spacial score (nSPS) is 16.9. The van der Waals surface area contributed by atoms with Crippen molar-refractivity contribution in [2.45, 2.75) is 216 Å². The lowest BCUT2D eigenvalue weighted by atomic mass is 9.97. The number of carbonyl (C=O) groups excluding carboxylic acids is 13. The van der Waals surface area contributed by atoms with Gasteiger partial charge >= 0.3 is 17.9 Å².